The molecule has 5 nitrogen and oxygen atoms in total. The number of anilines is 1. The molecule has 1 aromatic carbocycles. The van der Waals surface area contributed by atoms with Gasteiger partial charge in [-0.15, -0.1) is 0 Å². The second kappa shape index (κ2) is 5.28. The number of rotatable bonds is 3. The molecule has 0 amide bonds. The zero-order chi connectivity index (χ0) is 14.1. The fourth-order valence-electron chi connectivity index (χ4n) is 2.45. The average molecular weight is 289 g/mol. The Balaban J connectivity index is 2.07. The fraction of sp³-hybridized carbons (Fsp3) is 0.357. The van der Waals surface area contributed by atoms with Gasteiger partial charge in [-0.2, -0.15) is 11.8 Å². The molecule has 1 aromatic heterocycles. The number of nitro benzene ring substituents is 1. The minimum absolute atomic E-state index is 0.104. The van der Waals surface area contributed by atoms with Crippen molar-refractivity contribution in [3.05, 3.63) is 40.1 Å². The van der Waals surface area contributed by atoms with Crippen molar-refractivity contribution in [1.82, 2.24) is 4.98 Å². The van der Waals surface area contributed by atoms with Crippen LogP contribution in [-0.2, 0) is 0 Å². The van der Waals surface area contributed by atoms with E-state index in [1.54, 1.807) is 12.1 Å². The summed E-state index contributed by atoms with van der Waals surface area (Å²) in [5.74, 6) is 2.25. The number of aryl methyl sites for hydroxylation is 1. The van der Waals surface area contributed by atoms with E-state index in [2.05, 4.69) is 10.3 Å². The molecule has 1 atom stereocenters. The fourth-order valence-corrected chi connectivity index (χ4v) is 3.60. The van der Waals surface area contributed by atoms with Gasteiger partial charge in [-0.3, -0.25) is 15.1 Å². The van der Waals surface area contributed by atoms with Crippen molar-refractivity contribution in [3.8, 4) is 0 Å². The summed E-state index contributed by atoms with van der Waals surface area (Å²) in [4.78, 5) is 15.0. The van der Waals surface area contributed by atoms with Crippen LogP contribution in [0.4, 0.5) is 11.4 Å². The highest BCUT2D eigenvalue weighted by Gasteiger charge is 2.17. The Morgan fingerprint density at radius 3 is 3.00 bits per heavy atom. The second-order valence-electron chi connectivity index (χ2n) is 4.97. The number of hydrogen-bond acceptors (Lipinski definition) is 5. The molecule has 3 rings (SSSR count). The minimum atomic E-state index is -0.367. The number of nitro groups is 1. The van der Waals surface area contributed by atoms with E-state index in [-0.39, 0.29) is 10.6 Å². The van der Waals surface area contributed by atoms with E-state index in [1.165, 1.54) is 11.8 Å². The molecule has 1 unspecified atom stereocenters. The molecular weight excluding hydrogens is 274 g/mol. The van der Waals surface area contributed by atoms with Gasteiger partial charge in [0, 0.05) is 40.7 Å². The Bertz CT molecular complexity index is 669. The van der Waals surface area contributed by atoms with E-state index in [9.17, 15) is 10.1 Å². The number of fused-ring (bicyclic) bond motifs is 1. The van der Waals surface area contributed by atoms with E-state index in [4.69, 9.17) is 0 Å². The number of benzene rings is 1. The predicted octanol–water partition coefficient (Wildman–Crippen LogP) is 3.37. The van der Waals surface area contributed by atoms with Crippen LogP contribution in [0.5, 0.6) is 0 Å². The van der Waals surface area contributed by atoms with Gasteiger partial charge in [-0.25, -0.2) is 0 Å². The van der Waals surface area contributed by atoms with Crippen molar-refractivity contribution < 1.29 is 4.92 Å². The van der Waals surface area contributed by atoms with Crippen LogP contribution in [0, 0.1) is 17.0 Å². The lowest BCUT2D eigenvalue weighted by Gasteiger charge is -2.15. The summed E-state index contributed by atoms with van der Waals surface area (Å²) in [6.07, 6.45) is 1.13. The monoisotopic (exact) mass is 289 g/mol. The van der Waals surface area contributed by atoms with E-state index in [0.717, 1.165) is 34.5 Å². The normalized spacial score (nSPS) is 18.4. The van der Waals surface area contributed by atoms with Crippen LogP contribution in [0.2, 0.25) is 0 Å². The van der Waals surface area contributed by atoms with E-state index < -0.39 is 0 Å². The highest BCUT2D eigenvalue weighted by molar-refractivity contribution is 7.99. The lowest BCUT2D eigenvalue weighted by molar-refractivity contribution is -0.384. The predicted molar refractivity (Wildman–Crippen MR) is 82.5 cm³/mol. The van der Waals surface area contributed by atoms with E-state index in [0.29, 0.717) is 6.04 Å². The summed E-state index contributed by atoms with van der Waals surface area (Å²) >= 11 is 1.93. The molecule has 1 N–H and O–H groups in total. The first-order valence-electron chi connectivity index (χ1n) is 6.53. The van der Waals surface area contributed by atoms with Crippen molar-refractivity contribution in [2.45, 2.75) is 19.4 Å². The highest BCUT2D eigenvalue weighted by Crippen LogP contribution is 2.29. The zero-order valence-electron chi connectivity index (χ0n) is 11.1. The van der Waals surface area contributed by atoms with Crippen molar-refractivity contribution in [2.24, 2.45) is 0 Å². The summed E-state index contributed by atoms with van der Waals surface area (Å²) in [5, 5.41) is 15.3. The molecule has 104 valence electrons. The Kier molecular flexibility index (Phi) is 3.48. The molecule has 0 spiro atoms. The summed E-state index contributed by atoms with van der Waals surface area (Å²) in [6.45, 7) is 1.94. The molecule has 1 aliphatic heterocycles. The lowest BCUT2D eigenvalue weighted by Crippen LogP contribution is -2.18. The third kappa shape index (κ3) is 2.56. The van der Waals surface area contributed by atoms with Crippen LogP contribution < -0.4 is 5.32 Å². The van der Waals surface area contributed by atoms with Crippen molar-refractivity contribution in [3.63, 3.8) is 0 Å². The SMILES string of the molecule is Cc1cc(NC2CCSC2)c2cc([N+](=O)[O-])ccc2n1. The Morgan fingerprint density at radius 1 is 1.45 bits per heavy atom. The van der Waals surface area contributed by atoms with Gasteiger partial charge in [0.05, 0.1) is 10.4 Å². The largest absolute Gasteiger partial charge is 0.381 e. The van der Waals surface area contributed by atoms with Crippen LogP contribution in [-0.4, -0.2) is 27.5 Å². The first-order valence-corrected chi connectivity index (χ1v) is 7.69. The number of hydrogen-bond donors (Lipinski definition) is 1. The summed E-state index contributed by atoms with van der Waals surface area (Å²) in [7, 11) is 0. The molecular formula is C14H15N3O2S. The zero-order valence-corrected chi connectivity index (χ0v) is 11.9. The van der Waals surface area contributed by atoms with Gasteiger partial charge in [0.15, 0.2) is 0 Å². The number of nitrogens with zero attached hydrogens (tertiary/aromatic N) is 2. The van der Waals surface area contributed by atoms with Gasteiger partial charge in [0.1, 0.15) is 0 Å². The molecule has 0 radical (unpaired) electrons. The van der Waals surface area contributed by atoms with E-state index in [1.807, 2.05) is 24.8 Å². The summed E-state index contributed by atoms with van der Waals surface area (Å²) < 4.78 is 0. The molecule has 0 saturated carbocycles. The minimum Gasteiger partial charge on any atom is -0.381 e. The van der Waals surface area contributed by atoms with Gasteiger partial charge in [0.25, 0.3) is 5.69 Å². The van der Waals surface area contributed by atoms with Crippen LogP contribution in [0.3, 0.4) is 0 Å². The van der Waals surface area contributed by atoms with Gasteiger partial charge in [-0.05, 0) is 31.2 Å². The van der Waals surface area contributed by atoms with Crippen LogP contribution in [0.25, 0.3) is 10.9 Å². The van der Waals surface area contributed by atoms with Crippen molar-refractivity contribution in [1.29, 1.82) is 0 Å². The maximum Gasteiger partial charge on any atom is 0.270 e. The standard InChI is InChI=1S/C14H15N3O2S/c1-9-6-14(16-10-4-5-20-8-10)12-7-11(17(18)19)2-3-13(12)15-9/h2-3,6-7,10H,4-5,8H2,1H3,(H,15,16). The van der Waals surface area contributed by atoms with Crippen LogP contribution >= 0.6 is 11.8 Å². The molecule has 6 heteroatoms. The van der Waals surface area contributed by atoms with Gasteiger partial charge >= 0.3 is 0 Å². The maximum absolute atomic E-state index is 10.9. The number of thioether (sulfide) groups is 1. The third-order valence-corrected chi connectivity index (χ3v) is 4.58. The molecule has 2 heterocycles. The van der Waals surface area contributed by atoms with Crippen LogP contribution in [0.15, 0.2) is 24.3 Å². The van der Waals surface area contributed by atoms with Gasteiger partial charge in [0.2, 0.25) is 0 Å². The lowest BCUT2D eigenvalue weighted by atomic mass is 10.1. The smallest absolute Gasteiger partial charge is 0.270 e. The number of pyridine rings is 1. The van der Waals surface area contributed by atoms with Gasteiger partial charge < -0.3 is 5.32 Å². The summed E-state index contributed by atoms with van der Waals surface area (Å²) in [6, 6.07) is 7.23. The van der Waals surface area contributed by atoms with Crippen LogP contribution in [0.1, 0.15) is 12.1 Å². The Morgan fingerprint density at radius 2 is 2.30 bits per heavy atom. The number of non-ortho nitro benzene ring substituents is 1. The van der Waals surface area contributed by atoms with Gasteiger partial charge in [-0.1, -0.05) is 0 Å². The molecule has 20 heavy (non-hydrogen) atoms. The maximum atomic E-state index is 10.9. The number of nitrogens with one attached hydrogen (secondary N) is 1. The third-order valence-electron chi connectivity index (χ3n) is 3.42. The Labute approximate surface area is 120 Å². The van der Waals surface area contributed by atoms with Crippen molar-refractivity contribution in [2.75, 3.05) is 16.8 Å². The molecule has 0 bridgehead atoms. The first-order chi connectivity index (χ1) is 9.63. The molecule has 1 aliphatic rings. The second-order valence-corrected chi connectivity index (χ2v) is 6.12. The number of aromatic nitrogens is 1. The summed E-state index contributed by atoms with van der Waals surface area (Å²) in [5.41, 5.74) is 2.76. The molecule has 1 saturated heterocycles. The molecule has 0 aliphatic carbocycles. The Hall–Kier alpha value is -1.82. The average Bonchev–Trinajstić information content (AvgIpc) is 2.91. The molecule has 1 fully saturated rings. The highest BCUT2D eigenvalue weighted by atomic mass is 32.2. The first kappa shape index (κ1) is 13.2. The van der Waals surface area contributed by atoms with Crippen molar-refractivity contribution >= 4 is 34.0 Å². The quantitative estimate of drug-likeness (QED) is 0.693. The molecule has 2 aromatic rings. The topological polar surface area (TPSA) is 68.1 Å². The van der Waals surface area contributed by atoms with E-state index >= 15 is 0 Å².